The van der Waals surface area contributed by atoms with Gasteiger partial charge in [-0.3, -0.25) is 0 Å². The number of para-hydroxylation sites is 3. The van der Waals surface area contributed by atoms with Crippen LogP contribution in [0.4, 0.5) is 17.1 Å². The average molecular weight is 855 g/mol. The van der Waals surface area contributed by atoms with Gasteiger partial charge in [-0.05, 0) is 117 Å². The zero-order valence-electron chi connectivity index (χ0n) is 36.6. The highest BCUT2D eigenvalue weighted by molar-refractivity contribution is 6.12. The largest absolute Gasteiger partial charge is 0.456 e. The molecule has 0 saturated carbocycles. The van der Waals surface area contributed by atoms with Gasteiger partial charge in [0.1, 0.15) is 11.2 Å². The zero-order valence-corrected chi connectivity index (χ0v) is 36.6. The minimum Gasteiger partial charge on any atom is -0.456 e. The van der Waals surface area contributed by atoms with E-state index in [2.05, 4.69) is 252 Å². The molecular weight excluding hydrogens is 813 g/mol. The first-order valence-corrected chi connectivity index (χ1v) is 22.9. The smallest absolute Gasteiger partial charge is 0.136 e. The maximum atomic E-state index is 6.19. The van der Waals surface area contributed by atoms with Crippen molar-refractivity contribution in [3.63, 3.8) is 0 Å². The molecule has 0 N–H and O–H groups in total. The van der Waals surface area contributed by atoms with Gasteiger partial charge in [-0.1, -0.05) is 188 Å². The van der Waals surface area contributed by atoms with E-state index in [-0.39, 0.29) is 0 Å². The van der Waals surface area contributed by atoms with E-state index < -0.39 is 0 Å². The predicted octanol–water partition coefficient (Wildman–Crippen LogP) is 18.0. The summed E-state index contributed by atoms with van der Waals surface area (Å²) in [4.78, 5) is 2.38. The van der Waals surface area contributed by atoms with E-state index in [9.17, 15) is 0 Å². The van der Waals surface area contributed by atoms with Gasteiger partial charge in [0.05, 0.1) is 16.7 Å². The maximum absolute atomic E-state index is 6.19. The summed E-state index contributed by atoms with van der Waals surface area (Å²) in [6.07, 6.45) is 0. The fourth-order valence-corrected chi connectivity index (χ4v) is 10.2. The SMILES string of the molecule is c1ccc2c(N(c3ccc(-c4ccc(-c5ccc(-n6c7ccccc7c7ccccc76)cc5)cc4)cc3)c3ccc(-c4ccc(-c5cccc6oc7ccccc7c56)cc4)cc3)cccc2c1. The summed E-state index contributed by atoms with van der Waals surface area (Å²) < 4.78 is 8.56. The normalized spacial score (nSPS) is 11.6. The molecule has 13 aromatic rings. The number of hydrogen-bond acceptors (Lipinski definition) is 2. The first kappa shape index (κ1) is 38.5. The fraction of sp³-hybridized carbons (Fsp3) is 0. The van der Waals surface area contributed by atoms with Gasteiger partial charge in [-0.25, -0.2) is 0 Å². The second-order valence-corrected chi connectivity index (χ2v) is 17.3. The number of fused-ring (bicyclic) bond motifs is 7. The molecule has 0 bridgehead atoms. The van der Waals surface area contributed by atoms with Crippen LogP contribution in [0, 0.1) is 0 Å². The van der Waals surface area contributed by atoms with Crippen molar-refractivity contribution in [1.29, 1.82) is 0 Å². The molecule has 11 aromatic carbocycles. The highest BCUT2D eigenvalue weighted by Crippen LogP contribution is 2.42. The van der Waals surface area contributed by atoms with Crippen LogP contribution < -0.4 is 4.90 Å². The third kappa shape index (κ3) is 6.67. The van der Waals surface area contributed by atoms with Crippen molar-refractivity contribution in [2.75, 3.05) is 4.90 Å². The zero-order chi connectivity index (χ0) is 44.3. The van der Waals surface area contributed by atoms with Crippen LogP contribution in [-0.2, 0) is 0 Å². The lowest BCUT2D eigenvalue weighted by molar-refractivity contribution is 0.669. The predicted molar refractivity (Wildman–Crippen MR) is 282 cm³/mol. The van der Waals surface area contributed by atoms with Crippen molar-refractivity contribution < 1.29 is 4.42 Å². The fourth-order valence-electron chi connectivity index (χ4n) is 10.2. The van der Waals surface area contributed by atoms with Crippen molar-refractivity contribution >= 4 is 71.6 Å². The van der Waals surface area contributed by atoms with E-state index >= 15 is 0 Å². The third-order valence-corrected chi connectivity index (χ3v) is 13.4. The molecule has 2 heterocycles. The van der Waals surface area contributed by atoms with Crippen LogP contribution in [0.15, 0.2) is 259 Å². The van der Waals surface area contributed by atoms with Gasteiger partial charge in [0, 0.05) is 44.0 Å². The molecule has 0 saturated heterocycles. The molecule has 3 nitrogen and oxygen atoms in total. The van der Waals surface area contributed by atoms with E-state index in [4.69, 9.17) is 4.42 Å². The van der Waals surface area contributed by atoms with Gasteiger partial charge in [-0.2, -0.15) is 0 Å². The minimum atomic E-state index is 0.910. The summed E-state index contributed by atoms with van der Waals surface area (Å²) in [5, 5.41) is 7.25. The number of hydrogen-bond donors (Lipinski definition) is 0. The lowest BCUT2D eigenvalue weighted by atomic mass is 9.97. The molecular formula is C64H42N2O. The van der Waals surface area contributed by atoms with Crippen LogP contribution in [0.3, 0.4) is 0 Å². The average Bonchev–Trinajstić information content (AvgIpc) is 3.96. The standard InChI is InChI=1S/C64H42N2O/c1-2-13-54-49(11-1)12-9-20-59(54)65(52-39-33-47(34-40-52)45-27-29-50(30-28-45)55-17-10-22-63-64(55)58-16-5-8-21-62(58)67-63)51-37-31-46(32-38-51)43-23-25-44(26-24-43)48-35-41-53(42-36-48)66-60-18-6-3-14-56(60)57-15-4-7-19-61(57)66/h1-42H. The Hall–Kier alpha value is -8.92. The van der Waals surface area contributed by atoms with Crippen molar-refractivity contribution in [2.24, 2.45) is 0 Å². The summed E-state index contributed by atoms with van der Waals surface area (Å²) in [6.45, 7) is 0. The molecule has 67 heavy (non-hydrogen) atoms. The molecule has 0 aliphatic carbocycles. The number of anilines is 3. The Bertz CT molecular complexity index is 3880. The Morgan fingerprint density at radius 3 is 1.30 bits per heavy atom. The molecule has 0 spiro atoms. The Morgan fingerprint density at radius 1 is 0.299 bits per heavy atom. The lowest BCUT2D eigenvalue weighted by Crippen LogP contribution is -2.10. The molecule has 3 heteroatoms. The highest BCUT2D eigenvalue weighted by atomic mass is 16.3. The van der Waals surface area contributed by atoms with Gasteiger partial charge in [0.15, 0.2) is 0 Å². The summed E-state index contributed by atoms with van der Waals surface area (Å²) in [5.41, 5.74) is 18.2. The van der Waals surface area contributed by atoms with E-state index in [1.54, 1.807) is 0 Å². The van der Waals surface area contributed by atoms with Crippen LogP contribution in [0.2, 0.25) is 0 Å². The molecule has 0 amide bonds. The van der Waals surface area contributed by atoms with Crippen LogP contribution >= 0.6 is 0 Å². The van der Waals surface area contributed by atoms with Crippen molar-refractivity contribution in [2.45, 2.75) is 0 Å². The van der Waals surface area contributed by atoms with Crippen LogP contribution in [0.1, 0.15) is 0 Å². The van der Waals surface area contributed by atoms with Gasteiger partial charge in [0.2, 0.25) is 0 Å². The molecule has 0 radical (unpaired) electrons. The van der Waals surface area contributed by atoms with Gasteiger partial charge in [0.25, 0.3) is 0 Å². The molecule has 0 fully saturated rings. The Balaban J connectivity index is 0.786. The highest BCUT2D eigenvalue weighted by Gasteiger charge is 2.17. The topological polar surface area (TPSA) is 21.3 Å². The number of benzene rings is 11. The molecule has 0 atom stereocenters. The number of aromatic nitrogens is 1. The van der Waals surface area contributed by atoms with Crippen molar-refractivity contribution in [1.82, 2.24) is 4.57 Å². The van der Waals surface area contributed by atoms with E-state index in [1.807, 2.05) is 12.1 Å². The first-order valence-electron chi connectivity index (χ1n) is 22.9. The second-order valence-electron chi connectivity index (χ2n) is 17.3. The third-order valence-electron chi connectivity index (χ3n) is 13.4. The van der Waals surface area contributed by atoms with E-state index in [0.29, 0.717) is 0 Å². The lowest BCUT2D eigenvalue weighted by Gasteiger charge is -2.27. The van der Waals surface area contributed by atoms with Gasteiger partial charge >= 0.3 is 0 Å². The number of nitrogens with zero attached hydrogens (tertiary/aromatic N) is 2. The van der Waals surface area contributed by atoms with Crippen molar-refractivity contribution in [3.8, 4) is 50.2 Å². The second kappa shape index (κ2) is 16.0. The van der Waals surface area contributed by atoms with Gasteiger partial charge in [-0.15, -0.1) is 0 Å². The van der Waals surface area contributed by atoms with Crippen LogP contribution in [0.5, 0.6) is 0 Å². The Labute approximate surface area is 388 Å². The summed E-state index contributed by atoms with van der Waals surface area (Å²) in [5.74, 6) is 0. The monoisotopic (exact) mass is 854 g/mol. The maximum Gasteiger partial charge on any atom is 0.136 e. The number of furan rings is 1. The molecule has 13 rings (SSSR count). The first-order chi connectivity index (χ1) is 33.2. The molecule has 314 valence electrons. The molecule has 2 aromatic heterocycles. The minimum absolute atomic E-state index is 0.910. The molecule has 0 unspecified atom stereocenters. The van der Waals surface area contributed by atoms with Crippen LogP contribution in [0.25, 0.3) is 105 Å². The quantitative estimate of drug-likeness (QED) is 0.152. The summed E-state index contributed by atoms with van der Waals surface area (Å²) in [7, 11) is 0. The van der Waals surface area contributed by atoms with Crippen molar-refractivity contribution in [3.05, 3.63) is 255 Å². The Morgan fingerprint density at radius 2 is 0.716 bits per heavy atom. The van der Waals surface area contributed by atoms with Crippen LogP contribution in [-0.4, -0.2) is 4.57 Å². The summed E-state index contributed by atoms with van der Waals surface area (Å²) in [6, 6.07) is 91.8. The van der Waals surface area contributed by atoms with E-state index in [1.165, 1.54) is 71.5 Å². The van der Waals surface area contributed by atoms with Gasteiger partial charge < -0.3 is 13.9 Å². The summed E-state index contributed by atoms with van der Waals surface area (Å²) >= 11 is 0. The number of rotatable bonds is 8. The molecule has 0 aliphatic rings. The van der Waals surface area contributed by atoms with E-state index in [0.717, 1.165) is 50.3 Å². The molecule has 0 aliphatic heterocycles. The Kier molecular flexibility index (Phi) is 9.17.